The first kappa shape index (κ1) is 19.1. The number of halogens is 6. The molecule has 2 rings (SSSR count). The maximum Gasteiger partial charge on any atom is 0.471 e. The van der Waals surface area contributed by atoms with Crippen LogP contribution in [0.4, 0.5) is 32.0 Å². The second kappa shape index (κ2) is 6.93. The fraction of sp³-hybridized carbons (Fsp3) is 0.467. The monoisotopic (exact) mass is 368 g/mol. The number of amides is 2. The molecule has 1 unspecified atom stereocenters. The number of alkyl halides is 6. The zero-order valence-electron chi connectivity index (χ0n) is 12.7. The Bertz CT molecular complexity index is 656. The molecule has 1 aliphatic rings. The minimum atomic E-state index is -5.05. The third-order valence-corrected chi connectivity index (χ3v) is 3.81. The van der Waals surface area contributed by atoms with Crippen molar-refractivity contribution in [1.29, 1.82) is 0 Å². The van der Waals surface area contributed by atoms with E-state index in [0.29, 0.717) is 4.90 Å². The van der Waals surface area contributed by atoms with Gasteiger partial charge in [-0.3, -0.25) is 9.59 Å². The Morgan fingerprint density at radius 2 is 1.72 bits per heavy atom. The number of anilines is 1. The van der Waals surface area contributed by atoms with Gasteiger partial charge in [0, 0.05) is 13.1 Å². The molecule has 1 saturated heterocycles. The molecular formula is C15H14F6N2O2. The van der Waals surface area contributed by atoms with Gasteiger partial charge in [-0.1, -0.05) is 12.1 Å². The number of hydrogen-bond acceptors (Lipinski definition) is 2. The van der Waals surface area contributed by atoms with Crippen LogP contribution in [0.15, 0.2) is 24.3 Å². The second-order valence-corrected chi connectivity index (χ2v) is 5.62. The Morgan fingerprint density at radius 3 is 2.32 bits per heavy atom. The molecule has 1 fully saturated rings. The average molecular weight is 368 g/mol. The molecule has 1 N–H and O–H groups in total. The lowest BCUT2D eigenvalue weighted by molar-refractivity contribution is -0.187. The second-order valence-electron chi connectivity index (χ2n) is 5.62. The highest BCUT2D eigenvalue weighted by Crippen LogP contribution is 2.35. The minimum Gasteiger partial charge on any atom is -0.334 e. The maximum atomic E-state index is 12.9. The highest BCUT2D eigenvalue weighted by molar-refractivity contribution is 5.94. The van der Waals surface area contributed by atoms with Crippen molar-refractivity contribution in [2.75, 3.05) is 18.4 Å². The van der Waals surface area contributed by atoms with Gasteiger partial charge in [-0.05, 0) is 25.0 Å². The number of piperidine rings is 1. The van der Waals surface area contributed by atoms with Gasteiger partial charge in [-0.15, -0.1) is 0 Å². The largest absolute Gasteiger partial charge is 0.471 e. The normalized spacial score (nSPS) is 18.8. The Hall–Kier alpha value is -2.26. The average Bonchev–Trinajstić information content (AvgIpc) is 2.53. The Labute approximate surface area is 138 Å². The third-order valence-electron chi connectivity index (χ3n) is 3.81. The van der Waals surface area contributed by atoms with E-state index >= 15 is 0 Å². The number of hydrogen-bond donors (Lipinski definition) is 1. The molecule has 1 aromatic carbocycles. The summed E-state index contributed by atoms with van der Waals surface area (Å²) in [6.07, 6.45) is -9.40. The highest BCUT2D eigenvalue weighted by atomic mass is 19.4. The molecule has 0 spiro atoms. The van der Waals surface area contributed by atoms with Crippen LogP contribution in [0.3, 0.4) is 0 Å². The summed E-state index contributed by atoms with van der Waals surface area (Å²) in [7, 11) is 0. The van der Waals surface area contributed by atoms with Gasteiger partial charge in [-0.25, -0.2) is 0 Å². The van der Waals surface area contributed by atoms with Gasteiger partial charge in [0.1, 0.15) is 0 Å². The number of nitrogens with zero attached hydrogens (tertiary/aromatic N) is 1. The van der Waals surface area contributed by atoms with E-state index in [1.807, 2.05) is 0 Å². The summed E-state index contributed by atoms with van der Waals surface area (Å²) in [5, 5.41) is 2.11. The number of carbonyl (C=O) groups excluding carboxylic acids is 2. The lowest BCUT2D eigenvalue weighted by Crippen LogP contribution is -2.48. The Morgan fingerprint density at radius 1 is 1.08 bits per heavy atom. The number of nitrogens with one attached hydrogen (secondary N) is 1. The lowest BCUT2D eigenvalue weighted by atomic mass is 9.96. The number of para-hydroxylation sites is 1. The minimum absolute atomic E-state index is 0.152. The van der Waals surface area contributed by atoms with E-state index in [1.165, 1.54) is 6.07 Å². The molecule has 0 bridgehead atoms. The topological polar surface area (TPSA) is 49.4 Å². The summed E-state index contributed by atoms with van der Waals surface area (Å²) in [6, 6.07) is 4.30. The smallest absolute Gasteiger partial charge is 0.334 e. The molecule has 1 atom stereocenters. The van der Waals surface area contributed by atoms with Crippen LogP contribution < -0.4 is 5.32 Å². The first-order chi connectivity index (χ1) is 11.5. The van der Waals surface area contributed by atoms with E-state index in [2.05, 4.69) is 5.32 Å². The predicted molar refractivity (Wildman–Crippen MR) is 75.4 cm³/mol. The number of rotatable bonds is 2. The first-order valence-corrected chi connectivity index (χ1v) is 7.33. The van der Waals surface area contributed by atoms with Crippen LogP contribution in [0.2, 0.25) is 0 Å². The Balaban J connectivity index is 2.10. The summed E-state index contributed by atoms with van der Waals surface area (Å²) >= 11 is 0. The molecule has 4 nitrogen and oxygen atoms in total. The maximum absolute atomic E-state index is 12.9. The molecule has 1 aliphatic heterocycles. The zero-order valence-corrected chi connectivity index (χ0v) is 12.7. The summed E-state index contributed by atoms with van der Waals surface area (Å²) in [6.45, 7) is -0.639. The summed E-state index contributed by atoms with van der Waals surface area (Å²) in [4.78, 5) is 23.9. The molecule has 0 radical (unpaired) electrons. The summed E-state index contributed by atoms with van der Waals surface area (Å²) in [5.74, 6) is -3.92. The molecule has 10 heteroatoms. The van der Waals surface area contributed by atoms with E-state index in [0.717, 1.165) is 18.2 Å². The van der Waals surface area contributed by atoms with Gasteiger partial charge >= 0.3 is 18.3 Å². The number of carbonyl (C=O) groups is 2. The molecular weight excluding hydrogens is 354 g/mol. The van der Waals surface area contributed by atoms with Gasteiger partial charge in [0.05, 0.1) is 17.2 Å². The van der Waals surface area contributed by atoms with Crippen molar-refractivity contribution >= 4 is 17.5 Å². The molecule has 0 saturated carbocycles. The highest BCUT2D eigenvalue weighted by Gasteiger charge is 2.44. The van der Waals surface area contributed by atoms with Crippen molar-refractivity contribution in [1.82, 2.24) is 4.90 Å². The number of likely N-dealkylation sites (tertiary alicyclic amines) is 1. The van der Waals surface area contributed by atoms with E-state index in [4.69, 9.17) is 0 Å². The van der Waals surface area contributed by atoms with E-state index in [-0.39, 0.29) is 19.4 Å². The molecule has 25 heavy (non-hydrogen) atoms. The van der Waals surface area contributed by atoms with Crippen molar-refractivity contribution in [3.05, 3.63) is 29.8 Å². The van der Waals surface area contributed by atoms with Crippen LogP contribution in [-0.2, 0) is 15.8 Å². The van der Waals surface area contributed by atoms with Crippen LogP contribution in [0.25, 0.3) is 0 Å². The molecule has 138 valence electrons. The van der Waals surface area contributed by atoms with Crippen molar-refractivity contribution in [3.63, 3.8) is 0 Å². The van der Waals surface area contributed by atoms with Crippen molar-refractivity contribution in [2.24, 2.45) is 5.92 Å². The van der Waals surface area contributed by atoms with Crippen LogP contribution in [0.1, 0.15) is 18.4 Å². The van der Waals surface area contributed by atoms with Crippen LogP contribution >= 0.6 is 0 Å². The molecule has 0 aliphatic carbocycles. The fourth-order valence-corrected chi connectivity index (χ4v) is 2.63. The third kappa shape index (κ3) is 4.64. The molecule has 1 heterocycles. The number of benzene rings is 1. The van der Waals surface area contributed by atoms with Gasteiger partial charge in [0.25, 0.3) is 0 Å². The van der Waals surface area contributed by atoms with Crippen LogP contribution in [0.5, 0.6) is 0 Å². The van der Waals surface area contributed by atoms with Crippen LogP contribution in [0, 0.1) is 5.92 Å². The molecule has 2 amide bonds. The quantitative estimate of drug-likeness (QED) is 0.813. The van der Waals surface area contributed by atoms with Gasteiger partial charge in [0.15, 0.2) is 0 Å². The first-order valence-electron chi connectivity index (χ1n) is 7.33. The SMILES string of the molecule is O=C(Nc1ccccc1C(F)(F)F)C1CCCN(C(=O)C(F)(F)F)C1. The van der Waals surface area contributed by atoms with Crippen molar-refractivity contribution in [2.45, 2.75) is 25.2 Å². The van der Waals surface area contributed by atoms with Gasteiger partial charge in [-0.2, -0.15) is 26.3 Å². The Kier molecular flexibility index (Phi) is 5.28. The van der Waals surface area contributed by atoms with Crippen LogP contribution in [-0.4, -0.2) is 36.0 Å². The molecule has 1 aromatic rings. The predicted octanol–water partition coefficient (Wildman–Crippen LogP) is 3.44. The van der Waals surface area contributed by atoms with Crippen molar-refractivity contribution in [3.8, 4) is 0 Å². The van der Waals surface area contributed by atoms with Gasteiger partial charge < -0.3 is 10.2 Å². The van der Waals surface area contributed by atoms with Crippen molar-refractivity contribution < 1.29 is 35.9 Å². The lowest BCUT2D eigenvalue weighted by Gasteiger charge is -2.32. The summed E-state index contributed by atoms with van der Waals surface area (Å²) < 4.78 is 76.2. The van der Waals surface area contributed by atoms with Gasteiger partial charge in [0.2, 0.25) is 5.91 Å². The fourth-order valence-electron chi connectivity index (χ4n) is 2.63. The van der Waals surface area contributed by atoms with E-state index < -0.39 is 47.9 Å². The summed E-state index contributed by atoms with van der Waals surface area (Å²) in [5.41, 5.74) is -1.53. The zero-order chi connectivity index (χ0) is 18.8. The molecule has 0 aromatic heterocycles. The van der Waals surface area contributed by atoms with E-state index in [1.54, 1.807) is 0 Å². The standard InChI is InChI=1S/C15H14F6N2O2/c16-14(17,18)10-5-1-2-6-11(10)22-12(24)9-4-3-7-23(8-9)13(25)15(19,20)21/h1-2,5-6,9H,3-4,7-8H2,(H,22,24). The van der Waals surface area contributed by atoms with E-state index in [9.17, 15) is 35.9 Å².